The standard InChI is InChI=1S/C15H26N2O2/c1-5-12-13(18)16-15(4,6-2)14(19)17(12)11-8-7-10(3)9-11/h10-12H,5-9H2,1-4H3,(H,16,18). The number of carbonyl (C=O) groups is 2. The molecule has 0 aromatic rings. The van der Waals surface area contributed by atoms with E-state index < -0.39 is 5.54 Å². The minimum Gasteiger partial charge on any atom is -0.340 e. The van der Waals surface area contributed by atoms with Crippen molar-refractivity contribution in [2.45, 2.75) is 77.4 Å². The fourth-order valence-electron chi connectivity index (χ4n) is 3.43. The van der Waals surface area contributed by atoms with Gasteiger partial charge in [0.15, 0.2) is 0 Å². The van der Waals surface area contributed by atoms with Crippen molar-refractivity contribution in [3.05, 3.63) is 0 Å². The molecule has 108 valence electrons. The van der Waals surface area contributed by atoms with E-state index in [0.717, 1.165) is 19.3 Å². The Bertz CT molecular complexity index is 382. The molecular formula is C15H26N2O2. The molecule has 2 rings (SSSR count). The maximum absolute atomic E-state index is 12.8. The summed E-state index contributed by atoms with van der Waals surface area (Å²) in [4.78, 5) is 27.0. The van der Waals surface area contributed by atoms with Crippen molar-refractivity contribution in [1.82, 2.24) is 10.2 Å². The number of amides is 2. The summed E-state index contributed by atoms with van der Waals surface area (Å²) < 4.78 is 0. The van der Waals surface area contributed by atoms with Crippen molar-refractivity contribution in [3.8, 4) is 0 Å². The van der Waals surface area contributed by atoms with Crippen molar-refractivity contribution in [2.75, 3.05) is 0 Å². The summed E-state index contributed by atoms with van der Waals surface area (Å²) in [5.41, 5.74) is -0.714. The molecule has 0 bridgehead atoms. The van der Waals surface area contributed by atoms with Crippen molar-refractivity contribution in [1.29, 1.82) is 0 Å². The largest absolute Gasteiger partial charge is 0.340 e. The molecule has 0 radical (unpaired) electrons. The highest BCUT2D eigenvalue weighted by molar-refractivity contribution is 5.99. The van der Waals surface area contributed by atoms with E-state index in [1.165, 1.54) is 0 Å². The molecule has 1 aliphatic heterocycles. The molecule has 19 heavy (non-hydrogen) atoms. The van der Waals surface area contributed by atoms with Crippen LogP contribution >= 0.6 is 0 Å². The van der Waals surface area contributed by atoms with E-state index in [1.54, 1.807) is 0 Å². The van der Waals surface area contributed by atoms with Crippen LogP contribution in [0.2, 0.25) is 0 Å². The molecule has 0 aromatic carbocycles. The second kappa shape index (κ2) is 5.14. The van der Waals surface area contributed by atoms with Crippen molar-refractivity contribution in [2.24, 2.45) is 5.92 Å². The van der Waals surface area contributed by atoms with Gasteiger partial charge in [-0.3, -0.25) is 9.59 Å². The summed E-state index contributed by atoms with van der Waals surface area (Å²) >= 11 is 0. The smallest absolute Gasteiger partial charge is 0.248 e. The Hall–Kier alpha value is -1.06. The number of nitrogens with zero attached hydrogens (tertiary/aromatic N) is 1. The summed E-state index contributed by atoms with van der Waals surface area (Å²) in [5, 5.41) is 2.93. The molecule has 4 unspecified atom stereocenters. The van der Waals surface area contributed by atoms with Crippen LogP contribution in [0.15, 0.2) is 0 Å². The first-order valence-corrected chi connectivity index (χ1v) is 7.57. The van der Waals surface area contributed by atoms with Crippen molar-refractivity contribution >= 4 is 11.8 Å². The lowest BCUT2D eigenvalue weighted by atomic mass is 9.89. The first-order valence-electron chi connectivity index (χ1n) is 7.57. The molecule has 4 nitrogen and oxygen atoms in total. The van der Waals surface area contributed by atoms with Gasteiger partial charge < -0.3 is 10.2 Å². The van der Waals surface area contributed by atoms with E-state index in [1.807, 2.05) is 25.7 Å². The fourth-order valence-corrected chi connectivity index (χ4v) is 3.43. The summed E-state index contributed by atoms with van der Waals surface area (Å²) in [6.07, 6.45) is 4.58. The van der Waals surface area contributed by atoms with Gasteiger partial charge in [-0.2, -0.15) is 0 Å². The summed E-state index contributed by atoms with van der Waals surface area (Å²) in [6, 6.07) is -0.0215. The van der Waals surface area contributed by atoms with Crippen molar-refractivity contribution in [3.63, 3.8) is 0 Å². The van der Waals surface area contributed by atoms with E-state index in [4.69, 9.17) is 0 Å². The first kappa shape index (κ1) is 14.4. The van der Waals surface area contributed by atoms with Gasteiger partial charge in [0.2, 0.25) is 11.8 Å². The van der Waals surface area contributed by atoms with Gasteiger partial charge in [-0.1, -0.05) is 20.8 Å². The Kier molecular flexibility index (Phi) is 3.88. The van der Waals surface area contributed by atoms with Gasteiger partial charge in [-0.05, 0) is 44.9 Å². The molecule has 2 fully saturated rings. The van der Waals surface area contributed by atoms with Gasteiger partial charge >= 0.3 is 0 Å². The Morgan fingerprint density at radius 2 is 2.00 bits per heavy atom. The molecular weight excluding hydrogens is 240 g/mol. The third kappa shape index (κ3) is 2.37. The zero-order valence-corrected chi connectivity index (χ0v) is 12.5. The van der Waals surface area contributed by atoms with Gasteiger partial charge in [-0.15, -0.1) is 0 Å². The minimum absolute atomic E-state index is 0.0194. The number of rotatable bonds is 3. The predicted molar refractivity (Wildman–Crippen MR) is 74.6 cm³/mol. The molecule has 4 heteroatoms. The second-order valence-electron chi connectivity index (χ2n) is 6.38. The molecule has 0 aromatic heterocycles. The fraction of sp³-hybridized carbons (Fsp3) is 0.867. The van der Waals surface area contributed by atoms with Crippen LogP contribution in [0.4, 0.5) is 0 Å². The Labute approximate surface area is 115 Å². The topological polar surface area (TPSA) is 49.4 Å². The lowest BCUT2D eigenvalue weighted by Crippen LogP contribution is -2.70. The molecule has 4 atom stereocenters. The Morgan fingerprint density at radius 1 is 1.32 bits per heavy atom. The van der Waals surface area contributed by atoms with Crippen LogP contribution in [0.1, 0.15) is 59.8 Å². The van der Waals surface area contributed by atoms with E-state index in [9.17, 15) is 9.59 Å². The maximum Gasteiger partial charge on any atom is 0.248 e. The van der Waals surface area contributed by atoms with Crippen LogP contribution in [-0.2, 0) is 9.59 Å². The number of hydrogen-bond acceptors (Lipinski definition) is 2. The lowest BCUT2D eigenvalue weighted by molar-refractivity contribution is -0.157. The predicted octanol–water partition coefficient (Wildman–Crippen LogP) is 2.08. The molecule has 1 N–H and O–H groups in total. The molecule has 2 amide bonds. The van der Waals surface area contributed by atoms with Gasteiger partial charge in [0.1, 0.15) is 11.6 Å². The average molecular weight is 266 g/mol. The van der Waals surface area contributed by atoms with Gasteiger partial charge in [-0.25, -0.2) is 0 Å². The lowest BCUT2D eigenvalue weighted by Gasteiger charge is -2.46. The van der Waals surface area contributed by atoms with Crippen LogP contribution in [0.5, 0.6) is 0 Å². The van der Waals surface area contributed by atoms with Gasteiger partial charge in [0.05, 0.1) is 0 Å². The Balaban J connectivity index is 2.29. The highest BCUT2D eigenvalue weighted by Crippen LogP contribution is 2.34. The van der Waals surface area contributed by atoms with E-state index in [-0.39, 0.29) is 23.9 Å². The number of piperazine rings is 1. The Morgan fingerprint density at radius 3 is 2.47 bits per heavy atom. The summed E-state index contributed by atoms with van der Waals surface area (Å²) in [5.74, 6) is 0.791. The summed E-state index contributed by atoms with van der Waals surface area (Å²) in [6.45, 7) is 8.02. The SMILES string of the molecule is CCC1C(=O)NC(C)(CC)C(=O)N1C1CCC(C)C1. The molecule has 1 saturated heterocycles. The molecule has 1 aliphatic carbocycles. The number of nitrogens with one attached hydrogen (secondary N) is 1. The zero-order valence-electron chi connectivity index (χ0n) is 12.5. The van der Waals surface area contributed by atoms with Crippen LogP contribution in [0, 0.1) is 5.92 Å². The van der Waals surface area contributed by atoms with Crippen LogP contribution in [-0.4, -0.2) is 34.3 Å². The average Bonchev–Trinajstić information content (AvgIpc) is 2.79. The molecule has 1 heterocycles. The zero-order chi connectivity index (χ0) is 14.2. The van der Waals surface area contributed by atoms with Crippen molar-refractivity contribution < 1.29 is 9.59 Å². The van der Waals surface area contributed by atoms with Crippen LogP contribution in [0.3, 0.4) is 0 Å². The van der Waals surface area contributed by atoms with Gasteiger partial charge in [0.25, 0.3) is 0 Å². The van der Waals surface area contributed by atoms with E-state index >= 15 is 0 Å². The minimum atomic E-state index is -0.714. The molecule has 0 spiro atoms. The van der Waals surface area contributed by atoms with E-state index in [0.29, 0.717) is 18.8 Å². The number of hydrogen-bond donors (Lipinski definition) is 1. The highest BCUT2D eigenvalue weighted by Gasteiger charge is 2.49. The number of carbonyl (C=O) groups excluding carboxylic acids is 2. The molecule has 2 aliphatic rings. The van der Waals surface area contributed by atoms with Crippen LogP contribution < -0.4 is 5.32 Å². The normalized spacial score (nSPS) is 39.6. The maximum atomic E-state index is 12.8. The van der Waals surface area contributed by atoms with Gasteiger partial charge in [0, 0.05) is 6.04 Å². The third-order valence-electron chi connectivity index (χ3n) is 4.90. The highest BCUT2D eigenvalue weighted by atomic mass is 16.2. The summed E-state index contributed by atoms with van der Waals surface area (Å²) in [7, 11) is 0. The quantitative estimate of drug-likeness (QED) is 0.850. The van der Waals surface area contributed by atoms with E-state index in [2.05, 4.69) is 12.2 Å². The second-order valence-corrected chi connectivity index (χ2v) is 6.38. The third-order valence-corrected chi connectivity index (χ3v) is 4.90. The monoisotopic (exact) mass is 266 g/mol. The molecule has 1 saturated carbocycles. The first-order chi connectivity index (χ1) is 8.92. The van der Waals surface area contributed by atoms with Crippen LogP contribution in [0.25, 0.3) is 0 Å².